The van der Waals surface area contributed by atoms with Gasteiger partial charge < -0.3 is 9.73 Å². The van der Waals surface area contributed by atoms with Crippen molar-refractivity contribution >= 4 is 0 Å². The number of hydrogen-bond acceptors (Lipinski definition) is 2. The molecule has 0 aliphatic carbocycles. The van der Waals surface area contributed by atoms with E-state index in [1.54, 1.807) is 12.1 Å². The fourth-order valence-corrected chi connectivity index (χ4v) is 2.51. The molecule has 19 heavy (non-hydrogen) atoms. The monoisotopic (exact) mass is 261 g/mol. The Kier molecular flexibility index (Phi) is 4.05. The SMILES string of the molecule is CCNC(c1cccc(F)c1)c1c(C)oc(C)c1C. The first-order valence-corrected chi connectivity index (χ1v) is 6.60. The van der Waals surface area contributed by atoms with Gasteiger partial charge in [-0.25, -0.2) is 4.39 Å². The minimum absolute atomic E-state index is 0.0295. The summed E-state index contributed by atoms with van der Waals surface area (Å²) in [5.41, 5.74) is 3.17. The quantitative estimate of drug-likeness (QED) is 0.898. The minimum atomic E-state index is -0.212. The second-order valence-corrected chi connectivity index (χ2v) is 4.80. The van der Waals surface area contributed by atoms with Crippen LogP contribution in [0.1, 0.15) is 41.2 Å². The Labute approximate surface area is 113 Å². The molecule has 2 aromatic rings. The highest BCUT2D eigenvalue weighted by Gasteiger charge is 2.22. The number of benzene rings is 1. The third-order valence-electron chi connectivity index (χ3n) is 3.50. The van der Waals surface area contributed by atoms with Gasteiger partial charge in [0.1, 0.15) is 17.3 Å². The van der Waals surface area contributed by atoms with Crippen LogP contribution >= 0.6 is 0 Å². The van der Waals surface area contributed by atoms with Gasteiger partial charge in [0.05, 0.1) is 6.04 Å². The molecule has 0 saturated carbocycles. The van der Waals surface area contributed by atoms with E-state index in [0.717, 1.165) is 34.8 Å². The molecule has 1 unspecified atom stereocenters. The molecule has 1 heterocycles. The maximum Gasteiger partial charge on any atom is 0.123 e. The molecule has 102 valence electrons. The normalized spacial score (nSPS) is 12.7. The third kappa shape index (κ3) is 2.71. The summed E-state index contributed by atoms with van der Waals surface area (Å²) in [5, 5.41) is 3.41. The van der Waals surface area contributed by atoms with Gasteiger partial charge in [-0.1, -0.05) is 19.1 Å². The standard InChI is InChI=1S/C16H20FNO/c1-5-18-16(13-7-6-8-14(17)9-13)15-10(2)11(3)19-12(15)4/h6-9,16,18H,5H2,1-4H3. The molecule has 0 aliphatic heterocycles. The Morgan fingerprint density at radius 1 is 1.21 bits per heavy atom. The number of aryl methyl sites for hydroxylation is 2. The van der Waals surface area contributed by atoms with Gasteiger partial charge in [0.2, 0.25) is 0 Å². The summed E-state index contributed by atoms with van der Waals surface area (Å²) in [6.45, 7) is 8.82. The summed E-state index contributed by atoms with van der Waals surface area (Å²) in [6.07, 6.45) is 0. The average Bonchev–Trinajstić information content (AvgIpc) is 2.61. The lowest BCUT2D eigenvalue weighted by Gasteiger charge is -2.19. The highest BCUT2D eigenvalue weighted by atomic mass is 19.1. The minimum Gasteiger partial charge on any atom is -0.466 e. The first-order valence-electron chi connectivity index (χ1n) is 6.60. The zero-order valence-corrected chi connectivity index (χ0v) is 11.9. The summed E-state index contributed by atoms with van der Waals surface area (Å²) < 4.78 is 19.1. The Morgan fingerprint density at radius 3 is 2.47 bits per heavy atom. The van der Waals surface area contributed by atoms with E-state index in [9.17, 15) is 4.39 Å². The molecule has 2 nitrogen and oxygen atoms in total. The average molecular weight is 261 g/mol. The van der Waals surface area contributed by atoms with Crippen LogP contribution in [-0.2, 0) is 0 Å². The molecule has 0 bridgehead atoms. The van der Waals surface area contributed by atoms with E-state index >= 15 is 0 Å². The van der Waals surface area contributed by atoms with Gasteiger partial charge in [-0.2, -0.15) is 0 Å². The van der Waals surface area contributed by atoms with Crippen LogP contribution in [0.2, 0.25) is 0 Å². The van der Waals surface area contributed by atoms with Gasteiger partial charge in [0.25, 0.3) is 0 Å². The van der Waals surface area contributed by atoms with Crippen molar-refractivity contribution in [3.63, 3.8) is 0 Å². The Hall–Kier alpha value is -1.61. The van der Waals surface area contributed by atoms with Crippen LogP contribution in [0.15, 0.2) is 28.7 Å². The molecule has 0 radical (unpaired) electrons. The molecular weight excluding hydrogens is 241 g/mol. The van der Waals surface area contributed by atoms with Crippen LogP contribution in [0, 0.1) is 26.6 Å². The molecule has 0 spiro atoms. The molecular formula is C16H20FNO. The molecule has 2 rings (SSSR count). The molecule has 1 atom stereocenters. The van der Waals surface area contributed by atoms with Crippen molar-refractivity contribution in [2.24, 2.45) is 0 Å². The first kappa shape index (κ1) is 13.8. The molecule has 0 fully saturated rings. The van der Waals surface area contributed by atoms with Crippen LogP contribution in [0.4, 0.5) is 4.39 Å². The van der Waals surface area contributed by atoms with E-state index in [1.807, 2.05) is 33.8 Å². The smallest absolute Gasteiger partial charge is 0.123 e. The largest absolute Gasteiger partial charge is 0.466 e. The zero-order valence-electron chi connectivity index (χ0n) is 11.9. The fourth-order valence-electron chi connectivity index (χ4n) is 2.51. The summed E-state index contributed by atoms with van der Waals surface area (Å²) in [6, 6.07) is 6.70. The molecule has 1 N–H and O–H groups in total. The molecule has 0 saturated heterocycles. The molecule has 0 amide bonds. The van der Waals surface area contributed by atoms with Gasteiger partial charge in [0.15, 0.2) is 0 Å². The number of rotatable bonds is 4. The van der Waals surface area contributed by atoms with Gasteiger partial charge in [-0.3, -0.25) is 0 Å². The van der Waals surface area contributed by atoms with Crippen molar-refractivity contribution in [2.45, 2.75) is 33.7 Å². The van der Waals surface area contributed by atoms with E-state index in [2.05, 4.69) is 5.32 Å². The van der Waals surface area contributed by atoms with Crippen molar-refractivity contribution in [1.82, 2.24) is 5.32 Å². The van der Waals surface area contributed by atoms with Crippen LogP contribution in [0.5, 0.6) is 0 Å². The molecule has 0 aliphatic rings. The van der Waals surface area contributed by atoms with Crippen LogP contribution in [0.25, 0.3) is 0 Å². The number of halogens is 1. The van der Waals surface area contributed by atoms with Crippen molar-refractivity contribution in [1.29, 1.82) is 0 Å². The Bertz CT molecular complexity index is 574. The maximum atomic E-state index is 13.4. The van der Waals surface area contributed by atoms with Gasteiger partial charge in [0, 0.05) is 5.56 Å². The fraction of sp³-hybridized carbons (Fsp3) is 0.375. The maximum absolute atomic E-state index is 13.4. The highest BCUT2D eigenvalue weighted by Crippen LogP contribution is 2.31. The lowest BCUT2D eigenvalue weighted by molar-refractivity contribution is 0.494. The van der Waals surface area contributed by atoms with Crippen molar-refractivity contribution in [3.8, 4) is 0 Å². The van der Waals surface area contributed by atoms with E-state index in [0.29, 0.717) is 0 Å². The predicted octanol–water partition coefficient (Wildman–Crippen LogP) is 4.04. The van der Waals surface area contributed by atoms with Crippen molar-refractivity contribution in [2.75, 3.05) is 6.54 Å². The number of hydrogen-bond donors (Lipinski definition) is 1. The Balaban J connectivity index is 2.51. The number of nitrogens with one attached hydrogen (secondary N) is 1. The lowest BCUT2D eigenvalue weighted by Crippen LogP contribution is -2.23. The first-order chi connectivity index (χ1) is 9.04. The van der Waals surface area contributed by atoms with Gasteiger partial charge in [-0.15, -0.1) is 0 Å². The van der Waals surface area contributed by atoms with Crippen LogP contribution in [0.3, 0.4) is 0 Å². The summed E-state index contributed by atoms with van der Waals surface area (Å²) in [5.74, 6) is 1.60. The van der Waals surface area contributed by atoms with Gasteiger partial charge in [-0.05, 0) is 50.6 Å². The van der Waals surface area contributed by atoms with Crippen molar-refractivity contribution < 1.29 is 8.81 Å². The predicted molar refractivity (Wildman–Crippen MR) is 74.8 cm³/mol. The molecule has 1 aromatic carbocycles. The highest BCUT2D eigenvalue weighted by molar-refractivity contribution is 5.40. The second-order valence-electron chi connectivity index (χ2n) is 4.80. The number of furan rings is 1. The third-order valence-corrected chi connectivity index (χ3v) is 3.50. The lowest BCUT2D eigenvalue weighted by atomic mass is 9.95. The van der Waals surface area contributed by atoms with E-state index in [1.165, 1.54) is 6.07 Å². The molecule has 1 aromatic heterocycles. The summed E-state index contributed by atoms with van der Waals surface area (Å²) >= 11 is 0. The second kappa shape index (κ2) is 5.57. The summed E-state index contributed by atoms with van der Waals surface area (Å²) in [7, 11) is 0. The zero-order chi connectivity index (χ0) is 14.0. The Morgan fingerprint density at radius 2 is 1.95 bits per heavy atom. The van der Waals surface area contributed by atoms with Crippen LogP contribution < -0.4 is 5.32 Å². The topological polar surface area (TPSA) is 25.2 Å². The molecule has 3 heteroatoms. The van der Waals surface area contributed by atoms with E-state index < -0.39 is 0 Å². The van der Waals surface area contributed by atoms with E-state index in [4.69, 9.17) is 4.42 Å². The van der Waals surface area contributed by atoms with E-state index in [-0.39, 0.29) is 11.9 Å². The summed E-state index contributed by atoms with van der Waals surface area (Å²) in [4.78, 5) is 0. The van der Waals surface area contributed by atoms with Crippen molar-refractivity contribution in [3.05, 3.63) is 58.3 Å². The van der Waals surface area contributed by atoms with Gasteiger partial charge >= 0.3 is 0 Å². The van der Waals surface area contributed by atoms with Crippen LogP contribution in [-0.4, -0.2) is 6.54 Å².